The van der Waals surface area contributed by atoms with E-state index in [1.165, 1.54) is 6.92 Å². The molecule has 2 N–H and O–H groups in total. The van der Waals surface area contributed by atoms with Crippen molar-refractivity contribution < 1.29 is 48.2 Å². The summed E-state index contributed by atoms with van der Waals surface area (Å²) in [5.74, 6) is -0.293. The number of esters is 1. The zero-order chi connectivity index (χ0) is 23.0. The molecule has 0 rings (SSSR count). The molecule has 0 aliphatic carbocycles. The van der Waals surface area contributed by atoms with Gasteiger partial charge in [0, 0.05) is 14.0 Å². The van der Waals surface area contributed by atoms with Gasteiger partial charge in [0.05, 0.1) is 84.4 Å². The summed E-state index contributed by atoms with van der Waals surface area (Å²) in [7, 11) is 1.65. The molecule has 0 bridgehead atoms. The van der Waals surface area contributed by atoms with Gasteiger partial charge in [0.2, 0.25) is 0 Å². The molecule has 30 heavy (non-hydrogen) atoms. The molecule has 0 heterocycles. The van der Waals surface area contributed by atoms with E-state index in [1.54, 1.807) is 7.11 Å². The lowest BCUT2D eigenvalue weighted by Crippen LogP contribution is -2.26. The highest BCUT2D eigenvalue weighted by Gasteiger charge is 2.09. The highest BCUT2D eigenvalue weighted by atomic mass is 16.6. The lowest BCUT2D eigenvalue weighted by atomic mass is 10.4. The first-order valence-electron chi connectivity index (χ1n) is 10.2. The maximum Gasteiger partial charge on any atom is 0.302 e. The first-order chi connectivity index (χ1) is 14.4. The van der Waals surface area contributed by atoms with E-state index >= 15 is 0 Å². The topological polar surface area (TPSA) is 122 Å². The summed E-state index contributed by atoms with van der Waals surface area (Å²) in [4.78, 5) is 10.6. The van der Waals surface area contributed by atoms with Gasteiger partial charge in [-0.1, -0.05) is 0 Å². The van der Waals surface area contributed by atoms with Crippen LogP contribution in [0.5, 0.6) is 0 Å². The second kappa shape index (κ2) is 24.4. The van der Waals surface area contributed by atoms with E-state index in [9.17, 15) is 4.79 Å². The number of aliphatic hydroxyl groups excluding tert-OH is 2. The third-order valence-corrected chi connectivity index (χ3v) is 3.37. The van der Waals surface area contributed by atoms with E-state index in [0.29, 0.717) is 52.9 Å². The first kappa shape index (κ1) is 31.3. The Morgan fingerprint density at radius 3 is 1.50 bits per heavy atom. The fraction of sp³-hybridized carbons (Fsp3) is 0.950. The van der Waals surface area contributed by atoms with Crippen LogP contribution in [-0.4, -0.2) is 114 Å². The Morgan fingerprint density at radius 1 is 0.700 bits per heavy atom. The van der Waals surface area contributed by atoms with Crippen LogP contribution in [0.25, 0.3) is 0 Å². The molecule has 10 heteroatoms. The summed E-state index contributed by atoms with van der Waals surface area (Å²) in [5, 5.41) is 16.7. The minimum absolute atomic E-state index is 0.00706. The average molecular weight is 443 g/mol. The van der Waals surface area contributed by atoms with Gasteiger partial charge in [0.15, 0.2) is 0 Å². The molecule has 0 aliphatic heterocycles. The van der Waals surface area contributed by atoms with Crippen LogP contribution in [-0.2, 0) is 38.0 Å². The summed E-state index contributed by atoms with van der Waals surface area (Å²) in [6.45, 7) is 11.2. The second-order valence-electron chi connectivity index (χ2n) is 6.42. The van der Waals surface area contributed by atoms with Crippen molar-refractivity contribution >= 4 is 5.97 Å². The van der Waals surface area contributed by atoms with Gasteiger partial charge in [-0.2, -0.15) is 0 Å². The molecule has 0 aromatic carbocycles. The Balaban J connectivity index is 0. The SMILES string of the molecule is COC(C)COC(C)COC(C)COC(C)=O.OCCOCCOCCOCCO. The molecule has 0 amide bonds. The largest absolute Gasteiger partial charge is 0.463 e. The van der Waals surface area contributed by atoms with Crippen LogP contribution in [0.15, 0.2) is 0 Å². The molecule has 182 valence electrons. The van der Waals surface area contributed by atoms with Crippen molar-refractivity contribution in [2.75, 3.05) is 79.8 Å². The fourth-order valence-electron chi connectivity index (χ4n) is 1.67. The summed E-state index contributed by atoms with van der Waals surface area (Å²) in [6.07, 6.45) is -0.0481. The number of ether oxygens (including phenoxy) is 7. The van der Waals surface area contributed by atoms with Crippen LogP contribution in [0.2, 0.25) is 0 Å². The summed E-state index contributed by atoms with van der Waals surface area (Å²) < 4.78 is 35.9. The predicted molar refractivity (Wildman–Crippen MR) is 111 cm³/mol. The van der Waals surface area contributed by atoms with Crippen LogP contribution in [0, 0.1) is 0 Å². The van der Waals surface area contributed by atoms with Crippen LogP contribution >= 0.6 is 0 Å². The number of aliphatic hydroxyl groups is 2. The molecule has 3 atom stereocenters. The van der Waals surface area contributed by atoms with E-state index in [1.807, 2.05) is 20.8 Å². The van der Waals surface area contributed by atoms with E-state index < -0.39 is 0 Å². The molecule has 0 saturated heterocycles. The monoisotopic (exact) mass is 442 g/mol. The lowest BCUT2D eigenvalue weighted by molar-refractivity contribution is -0.146. The molecule has 10 nitrogen and oxygen atoms in total. The van der Waals surface area contributed by atoms with Gasteiger partial charge in [-0.25, -0.2) is 0 Å². The zero-order valence-electron chi connectivity index (χ0n) is 19.2. The third-order valence-electron chi connectivity index (χ3n) is 3.37. The summed E-state index contributed by atoms with van der Waals surface area (Å²) in [5.41, 5.74) is 0. The number of carbonyl (C=O) groups excluding carboxylic acids is 1. The molecule has 0 aromatic rings. The highest BCUT2D eigenvalue weighted by Crippen LogP contribution is 2.00. The van der Waals surface area contributed by atoms with Crippen LogP contribution in [0.1, 0.15) is 27.7 Å². The van der Waals surface area contributed by atoms with E-state index in [0.717, 1.165) is 0 Å². The molecule has 0 saturated carbocycles. The third kappa shape index (κ3) is 27.1. The van der Waals surface area contributed by atoms with Gasteiger partial charge in [0.25, 0.3) is 0 Å². The Morgan fingerprint density at radius 2 is 1.10 bits per heavy atom. The van der Waals surface area contributed by atoms with Crippen LogP contribution in [0.3, 0.4) is 0 Å². The molecule has 0 radical (unpaired) electrons. The van der Waals surface area contributed by atoms with Gasteiger partial charge >= 0.3 is 5.97 Å². The quantitative estimate of drug-likeness (QED) is 0.215. The molecule has 0 aliphatic rings. The molecular weight excluding hydrogens is 400 g/mol. The maximum atomic E-state index is 10.6. The van der Waals surface area contributed by atoms with Crippen molar-refractivity contribution in [2.45, 2.75) is 46.0 Å². The minimum Gasteiger partial charge on any atom is -0.463 e. The number of hydrogen-bond acceptors (Lipinski definition) is 10. The van der Waals surface area contributed by atoms with Crippen molar-refractivity contribution in [3.63, 3.8) is 0 Å². The molecule has 3 unspecified atom stereocenters. The molecule has 0 fully saturated rings. The number of hydrogen-bond donors (Lipinski definition) is 2. The van der Waals surface area contributed by atoms with Crippen molar-refractivity contribution in [2.24, 2.45) is 0 Å². The highest BCUT2D eigenvalue weighted by molar-refractivity contribution is 5.65. The lowest BCUT2D eigenvalue weighted by Gasteiger charge is -2.19. The average Bonchev–Trinajstić information content (AvgIpc) is 2.73. The summed E-state index contributed by atoms with van der Waals surface area (Å²) in [6, 6.07) is 0. The predicted octanol–water partition coefficient (Wildman–Crippen LogP) is 0.415. The zero-order valence-corrected chi connectivity index (χ0v) is 19.2. The normalized spacial score (nSPS) is 13.8. The van der Waals surface area contributed by atoms with Gasteiger partial charge in [-0.3, -0.25) is 4.79 Å². The second-order valence-corrected chi connectivity index (χ2v) is 6.42. The number of carbonyl (C=O) groups is 1. The standard InChI is InChI=1S/C12H24O5.C8H18O5/c1-9(14-5)6-15-10(2)7-16-11(3)8-17-12(4)13;9-1-3-11-5-7-13-8-6-12-4-2-10/h9-11H,6-8H2,1-5H3;9-10H,1-8H2. The van der Waals surface area contributed by atoms with Gasteiger partial charge < -0.3 is 43.4 Å². The van der Waals surface area contributed by atoms with E-state index in [4.69, 9.17) is 43.4 Å². The number of rotatable bonds is 19. The smallest absolute Gasteiger partial charge is 0.302 e. The Hall–Kier alpha value is -0.850. The van der Waals surface area contributed by atoms with Crippen molar-refractivity contribution in [1.29, 1.82) is 0 Å². The minimum atomic E-state index is -0.293. The summed E-state index contributed by atoms with van der Waals surface area (Å²) >= 11 is 0. The van der Waals surface area contributed by atoms with Crippen molar-refractivity contribution in [3.05, 3.63) is 0 Å². The van der Waals surface area contributed by atoms with E-state index in [-0.39, 0.29) is 44.1 Å². The first-order valence-corrected chi connectivity index (χ1v) is 10.2. The maximum absolute atomic E-state index is 10.6. The Labute approximate surface area is 180 Å². The number of methoxy groups -OCH3 is 1. The molecule has 0 spiro atoms. The van der Waals surface area contributed by atoms with Gasteiger partial charge in [0.1, 0.15) is 6.61 Å². The van der Waals surface area contributed by atoms with Gasteiger partial charge in [-0.05, 0) is 20.8 Å². The fourth-order valence-corrected chi connectivity index (χ4v) is 1.67. The van der Waals surface area contributed by atoms with Crippen molar-refractivity contribution in [1.82, 2.24) is 0 Å². The van der Waals surface area contributed by atoms with Crippen LogP contribution < -0.4 is 0 Å². The van der Waals surface area contributed by atoms with Gasteiger partial charge in [-0.15, -0.1) is 0 Å². The molecule has 0 aromatic heterocycles. The van der Waals surface area contributed by atoms with Crippen LogP contribution in [0.4, 0.5) is 0 Å². The molecular formula is C20H42O10. The van der Waals surface area contributed by atoms with E-state index in [2.05, 4.69) is 0 Å². The Bertz CT molecular complexity index is 346. The Kier molecular flexibility index (Phi) is 25.5. The van der Waals surface area contributed by atoms with Crippen molar-refractivity contribution in [3.8, 4) is 0 Å².